The van der Waals surface area contributed by atoms with Crippen LogP contribution in [-0.2, 0) is 0 Å². The summed E-state index contributed by atoms with van der Waals surface area (Å²) in [7, 11) is 0. The molecule has 0 rings (SSSR count). The molecular weight excluding hydrogens is 154 g/mol. The minimum Gasteiger partial charge on any atom is -0.197 e. The van der Waals surface area contributed by atoms with Crippen molar-refractivity contribution < 1.29 is 0 Å². The third-order valence-corrected chi connectivity index (χ3v) is 1.34. The predicted molar refractivity (Wildman–Crippen MR) is 33.2 cm³/mol. The van der Waals surface area contributed by atoms with Gasteiger partial charge in [-0.3, -0.25) is 0 Å². The SMILES string of the molecule is CCCC(Br)C#N. The van der Waals surface area contributed by atoms with E-state index in [1.54, 1.807) is 0 Å². The van der Waals surface area contributed by atoms with E-state index in [1.807, 2.05) is 0 Å². The minimum atomic E-state index is 0.0671. The largest absolute Gasteiger partial charge is 0.197 e. The second-order valence-corrected chi connectivity index (χ2v) is 2.49. The van der Waals surface area contributed by atoms with Gasteiger partial charge in [-0.05, 0) is 6.42 Å². The molecule has 40 valence electrons. The van der Waals surface area contributed by atoms with Crippen molar-refractivity contribution in [2.45, 2.75) is 24.6 Å². The van der Waals surface area contributed by atoms with Gasteiger partial charge in [0.1, 0.15) is 4.83 Å². The molecular formula is C5H8BrN. The fourth-order valence-electron chi connectivity index (χ4n) is 0.318. The molecule has 0 fully saturated rings. The first-order valence-corrected chi connectivity index (χ1v) is 3.26. The van der Waals surface area contributed by atoms with Gasteiger partial charge in [0.2, 0.25) is 0 Å². The van der Waals surface area contributed by atoms with E-state index in [-0.39, 0.29) is 4.83 Å². The lowest BCUT2D eigenvalue weighted by molar-refractivity contribution is 0.842. The highest BCUT2D eigenvalue weighted by molar-refractivity contribution is 9.09. The molecule has 0 aliphatic heterocycles. The van der Waals surface area contributed by atoms with Crippen LogP contribution in [0.1, 0.15) is 19.8 Å². The first-order valence-electron chi connectivity index (χ1n) is 2.35. The van der Waals surface area contributed by atoms with Gasteiger partial charge in [0.25, 0.3) is 0 Å². The Bertz CT molecular complexity index is 74.6. The molecule has 1 atom stereocenters. The van der Waals surface area contributed by atoms with Crippen LogP contribution in [0.25, 0.3) is 0 Å². The summed E-state index contributed by atoms with van der Waals surface area (Å²) in [4.78, 5) is 0.0671. The van der Waals surface area contributed by atoms with Crippen LogP contribution in [0.2, 0.25) is 0 Å². The summed E-state index contributed by atoms with van der Waals surface area (Å²) < 4.78 is 0. The van der Waals surface area contributed by atoms with E-state index in [1.165, 1.54) is 0 Å². The summed E-state index contributed by atoms with van der Waals surface area (Å²) in [6, 6.07) is 2.08. The molecule has 0 spiro atoms. The number of alkyl halides is 1. The highest BCUT2D eigenvalue weighted by atomic mass is 79.9. The van der Waals surface area contributed by atoms with Gasteiger partial charge in [0.15, 0.2) is 0 Å². The molecule has 2 heteroatoms. The molecule has 0 N–H and O–H groups in total. The Balaban J connectivity index is 3.04. The van der Waals surface area contributed by atoms with Gasteiger partial charge < -0.3 is 0 Å². The van der Waals surface area contributed by atoms with Crippen LogP contribution in [0.15, 0.2) is 0 Å². The van der Waals surface area contributed by atoms with Gasteiger partial charge in [-0.1, -0.05) is 29.3 Å². The standard InChI is InChI=1S/C5H8BrN/c1-2-3-5(6)4-7/h5H,2-3H2,1H3. The minimum absolute atomic E-state index is 0.0671. The van der Waals surface area contributed by atoms with E-state index in [0.29, 0.717) is 0 Å². The summed E-state index contributed by atoms with van der Waals surface area (Å²) in [5.41, 5.74) is 0. The van der Waals surface area contributed by atoms with E-state index in [4.69, 9.17) is 5.26 Å². The molecule has 0 aliphatic rings. The number of rotatable bonds is 2. The first-order chi connectivity index (χ1) is 3.31. The monoisotopic (exact) mass is 161 g/mol. The molecule has 0 aromatic heterocycles. The van der Waals surface area contributed by atoms with E-state index >= 15 is 0 Å². The summed E-state index contributed by atoms with van der Waals surface area (Å²) in [6.45, 7) is 2.06. The second kappa shape index (κ2) is 4.14. The quantitative estimate of drug-likeness (QED) is 0.570. The van der Waals surface area contributed by atoms with Crippen molar-refractivity contribution >= 4 is 15.9 Å². The Morgan fingerprint density at radius 1 is 1.86 bits per heavy atom. The molecule has 1 unspecified atom stereocenters. The normalized spacial score (nSPS) is 12.7. The zero-order valence-corrected chi connectivity index (χ0v) is 5.90. The number of nitriles is 1. The lowest BCUT2D eigenvalue weighted by Crippen LogP contribution is -1.88. The van der Waals surface area contributed by atoms with Crippen LogP contribution in [0.5, 0.6) is 0 Å². The predicted octanol–water partition coefficient (Wildman–Crippen LogP) is 2.07. The molecule has 1 nitrogen and oxygen atoms in total. The van der Waals surface area contributed by atoms with Crippen molar-refractivity contribution in [1.82, 2.24) is 0 Å². The molecule has 0 saturated heterocycles. The zero-order chi connectivity index (χ0) is 5.70. The lowest BCUT2D eigenvalue weighted by atomic mass is 10.3. The Hall–Kier alpha value is -0.0300. The number of hydrogen-bond acceptors (Lipinski definition) is 1. The maximum absolute atomic E-state index is 8.17. The molecule has 0 aliphatic carbocycles. The van der Waals surface area contributed by atoms with Gasteiger partial charge >= 0.3 is 0 Å². The molecule has 7 heavy (non-hydrogen) atoms. The van der Waals surface area contributed by atoms with Gasteiger partial charge in [0.05, 0.1) is 6.07 Å². The Labute approximate surface area is 52.5 Å². The third-order valence-electron chi connectivity index (χ3n) is 0.682. The Morgan fingerprint density at radius 3 is 2.57 bits per heavy atom. The summed E-state index contributed by atoms with van der Waals surface area (Å²) >= 11 is 3.18. The van der Waals surface area contributed by atoms with Gasteiger partial charge in [0, 0.05) is 0 Å². The number of hydrogen-bond donors (Lipinski definition) is 0. The topological polar surface area (TPSA) is 23.8 Å². The highest BCUT2D eigenvalue weighted by Crippen LogP contribution is 2.04. The summed E-state index contributed by atoms with van der Waals surface area (Å²) in [5.74, 6) is 0. The average Bonchev–Trinajstić information content (AvgIpc) is 1.68. The summed E-state index contributed by atoms with van der Waals surface area (Å²) in [5, 5.41) is 8.17. The van der Waals surface area contributed by atoms with E-state index in [2.05, 4.69) is 28.9 Å². The van der Waals surface area contributed by atoms with E-state index < -0.39 is 0 Å². The fourth-order valence-corrected chi connectivity index (χ4v) is 0.776. The molecule has 0 saturated carbocycles. The second-order valence-electron chi connectivity index (χ2n) is 1.39. The van der Waals surface area contributed by atoms with Crippen LogP contribution < -0.4 is 0 Å². The van der Waals surface area contributed by atoms with Crippen molar-refractivity contribution in [1.29, 1.82) is 5.26 Å². The smallest absolute Gasteiger partial charge is 0.101 e. The fraction of sp³-hybridized carbons (Fsp3) is 0.800. The molecule has 0 heterocycles. The number of halogens is 1. The lowest BCUT2D eigenvalue weighted by Gasteiger charge is -1.90. The first kappa shape index (κ1) is 6.97. The zero-order valence-electron chi connectivity index (χ0n) is 4.32. The number of nitrogens with zero attached hydrogens (tertiary/aromatic N) is 1. The van der Waals surface area contributed by atoms with Crippen molar-refractivity contribution in [2.24, 2.45) is 0 Å². The highest BCUT2D eigenvalue weighted by Gasteiger charge is 1.95. The molecule has 0 aromatic rings. The Morgan fingerprint density at radius 2 is 2.43 bits per heavy atom. The average molecular weight is 162 g/mol. The van der Waals surface area contributed by atoms with Crippen molar-refractivity contribution in [2.75, 3.05) is 0 Å². The van der Waals surface area contributed by atoms with Crippen LogP contribution in [-0.4, -0.2) is 4.83 Å². The van der Waals surface area contributed by atoms with E-state index in [0.717, 1.165) is 12.8 Å². The van der Waals surface area contributed by atoms with Gasteiger partial charge in [-0.15, -0.1) is 0 Å². The van der Waals surface area contributed by atoms with Crippen LogP contribution in [0, 0.1) is 11.3 Å². The summed E-state index contributed by atoms with van der Waals surface area (Å²) in [6.07, 6.45) is 2.03. The van der Waals surface area contributed by atoms with Crippen LogP contribution in [0.3, 0.4) is 0 Å². The maximum atomic E-state index is 8.17. The molecule has 0 radical (unpaired) electrons. The van der Waals surface area contributed by atoms with Crippen LogP contribution >= 0.6 is 15.9 Å². The maximum Gasteiger partial charge on any atom is 0.101 e. The molecule has 0 aromatic carbocycles. The van der Waals surface area contributed by atoms with Gasteiger partial charge in [-0.25, -0.2) is 0 Å². The van der Waals surface area contributed by atoms with Gasteiger partial charge in [-0.2, -0.15) is 5.26 Å². The van der Waals surface area contributed by atoms with Crippen molar-refractivity contribution in [3.8, 4) is 6.07 Å². The van der Waals surface area contributed by atoms with Crippen molar-refractivity contribution in [3.05, 3.63) is 0 Å². The molecule has 0 amide bonds. The third kappa shape index (κ3) is 3.81. The van der Waals surface area contributed by atoms with Crippen LogP contribution in [0.4, 0.5) is 0 Å². The molecule has 0 bridgehead atoms. The Kier molecular flexibility index (Phi) is 4.12. The van der Waals surface area contributed by atoms with E-state index in [9.17, 15) is 0 Å². The van der Waals surface area contributed by atoms with Crippen molar-refractivity contribution in [3.63, 3.8) is 0 Å².